The Kier molecular flexibility index (Phi) is 6.26. The molecule has 2 aromatic rings. The fourth-order valence-electron chi connectivity index (χ4n) is 2.96. The van der Waals surface area contributed by atoms with Gasteiger partial charge in [-0.15, -0.1) is 0 Å². The normalized spacial score (nSPS) is 14.6. The van der Waals surface area contributed by atoms with Crippen molar-refractivity contribution in [2.75, 3.05) is 56.6 Å². The van der Waals surface area contributed by atoms with Crippen LogP contribution in [0.25, 0.3) is 0 Å². The minimum Gasteiger partial charge on any atom is -0.495 e. The van der Waals surface area contributed by atoms with Gasteiger partial charge in [0.1, 0.15) is 12.0 Å². The highest BCUT2D eigenvalue weighted by Gasteiger charge is 2.20. The molecule has 3 rings (SSSR count). The Morgan fingerprint density at radius 3 is 2.63 bits per heavy atom. The number of rotatable bonds is 6. The number of nitrogens with one attached hydrogen (secondary N) is 2. The van der Waals surface area contributed by atoms with Crippen LogP contribution in [0.3, 0.4) is 0 Å². The average Bonchev–Trinajstić information content (AvgIpc) is 3.21. The van der Waals surface area contributed by atoms with E-state index in [1.54, 1.807) is 7.11 Å². The first-order chi connectivity index (χ1) is 13.2. The van der Waals surface area contributed by atoms with Crippen molar-refractivity contribution < 1.29 is 18.8 Å². The predicted molar refractivity (Wildman–Crippen MR) is 99.8 cm³/mol. The van der Waals surface area contributed by atoms with Gasteiger partial charge in [0.2, 0.25) is 0 Å². The maximum atomic E-state index is 11.8. The molecule has 1 aromatic carbocycles. The number of aromatic nitrogens is 1. The molecule has 27 heavy (non-hydrogen) atoms. The van der Waals surface area contributed by atoms with E-state index in [1.165, 1.54) is 12.3 Å². The van der Waals surface area contributed by atoms with Gasteiger partial charge in [0.05, 0.1) is 12.8 Å². The molecular formula is C18H23N5O4. The van der Waals surface area contributed by atoms with Crippen molar-refractivity contribution in [1.82, 2.24) is 15.4 Å². The smallest absolute Gasteiger partial charge is 0.314 e. The fourth-order valence-corrected chi connectivity index (χ4v) is 2.96. The van der Waals surface area contributed by atoms with Crippen molar-refractivity contribution in [2.45, 2.75) is 0 Å². The number of para-hydroxylation sites is 2. The van der Waals surface area contributed by atoms with Gasteiger partial charge in [-0.1, -0.05) is 17.3 Å². The summed E-state index contributed by atoms with van der Waals surface area (Å²) in [6.45, 7) is 4.59. The number of benzene rings is 1. The van der Waals surface area contributed by atoms with Crippen molar-refractivity contribution in [3.8, 4) is 5.75 Å². The lowest BCUT2D eigenvalue weighted by Gasteiger charge is -2.36. The molecule has 0 radical (unpaired) electrons. The first-order valence-electron chi connectivity index (χ1n) is 8.77. The summed E-state index contributed by atoms with van der Waals surface area (Å²) in [5, 5.41) is 8.50. The van der Waals surface area contributed by atoms with Gasteiger partial charge in [0.15, 0.2) is 5.82 Å². The molecule has 1 aliphatic rings. The zero-order chi connectivity index (χ0) is 19.1. The zero-order valence-corrected chi connectivity index (χ0v) is 15.2. The van der Waals surface area contributed by atoms with Crippen LogP contribution < -0.4 is 20.3 Å². The molecule has 2 amide bonds. The van der Waals surface area contributed by atoms with E-state index < -0.39 is 11.8 Å². The Labute approximate surface area is 157 Å². The summed E-state index contributed by atoms with van der Waals surface area (Å²) in [6.07, 6.45) is 1.32. The molecule has 0 unspecified atom stereocenters. The highest BCUT2D eigenvalue weighted by atomic mass is 16.5. The van der Waals surface area contributed by atoms with Gasteiger partial charge in [-0.25, -0.2) is 0 Å². The molecule has 9 nitrogen and oxygen atoms in total. The SMILES string of the molecule is COc1ccccc1N1CCN(CCNC(=O)C(=O)Nc2ccon2)CC1. The van der Waals surface area contributed by atoms with E-state index in [-0.39, 0.29) is 5.82 Å². The molecule has 1 aliphatic heterocycles. The Balaban J connectivity index is 1.38. The number of hydrogen-bond donors (Lipinski definition) is 2. The standard InChI is InChI=1S/C18H23N5O4/c1-26-15-5-3-2-4-14(15)23-11-9-22(10-12-23)8-7-19-17(24)18(25)20-16-6-13-27-21-16/h2-6,13H,7-12H2,1H3,(H,19,24)(H,20,21,25). The first kappa shape index (κ1) is 18.7. The van der Waals surface area contributed by atoms with Crippen LogP contribution in [0.1, 0.15) is 0 Å². The summed E-state index contributed by atoms with van der Waals surface area (Å²) in [5.41, 5.74) is 1.09. The molecule has 0 atom stereocenters. The van der Waals surface area contributed by atoms with Gasteiger partial charge < -0.3 is 19.5 Å². The topological polar surface area (TPSA) is 99.9 Å². The zero-order valence-electron chi connectivity index (χ0n) is 15.2. The maximum absolute atomic E-state index is 11.8. The summed E-state index contributed by atoms with van der Waals surface area (Å²) < 4.78 is 10.0. The van der Waals surface area contributed by atoms with Gasteiger partial charge in [0, 0.05) is 45.3 Å². The lowest BCUT2D eigenvalue weighted by Crippen LogP contribution is -2.49. The molecule has 2 N–H and O–H groups in total. The molecule has 0 spiro atoms. The quantitative estimate of drug-likeness (QED) is 0.714. The molecule has 1 aromatic heterocycles. The summed E-state index contributed by atoms with van der Waals surface area (Å²) in [7, 11) is 1.68. The van der Waals surface area contributed by atoms with Gasteiger partial charge in [-0.2, -0.15) is 0 Å². The number of methoxy groups -OCH3 is 1. The van der Waals surface area contributed by atoms with Crippen LogP contribution in [0.2, 0.25) is 0 Å². The monoisotopic (exact) mass is 373 g/mol. The highest BCUT2D eigenvalue weighted by Crippen LogP contribution is 2.28. The van der Waals surface area contributed by atoms with Crippen LogP contribution >= 0.6 is 0 Å². The average molecular weight is 373 g/mol. The predicted octanol–water partition coefficient (Wildman–Crippen LogP) is 0.560. The minimum absolute atomic E-state index is 0.211. The van der Waals surface area contributed by atoms with E-state index >= 15 is 0 Å². The molecule has 1 saturated heterocycles. The molecule has 0 bridgehead atoms. The lowest BCUT2D eigenvalue weighted by atomic mass is 10.2. The lowest BCUT2D eigenvalue weighted by molar-refractivity contribution is -0.136. The van der Waals surface area contributed by atoms with Crippen molar-refractivity contribution >= 4 is 23.3 Å². The molecule has 2 heterocycles. The van der Waals surface area contributed by atoms with Crippen LogP contribution in [0.4, 0.5) is 11.5 Å². The van der Waals surface area contributed by atoms with Gasteiger partial charge in [-0.3, -0.25) is 19.8 Å². The van der Waals surface area contributed by atoms with Crippen LogP contribution in [0.5, 0.6) is 5.75 Å². The number of carbonyl (C=O) groups is 2. The first-order valence-corrected chi connectivity index (χ1v) is 8.77. The third kappa shape index (κ3) is 4.98. The van der Waals surface area contributed by atoms with E-state index in [2.05, 4.69) is 36.2 Å². The molecule has 1 fully saturated rings. The third-order valence-corrected chi connectivity index (χ3v) is 4.40. The second kappa shape index (κ2) is 9.04. The Hall–Kier alpha value is -3.07. The number of piperazine rings is 1. The van der Waals surface area contributed by atoms with Crippen molar-refractivity contribution in [3.63, 3.8) is 0 Å². The van der Waals surface area contributed by atoms with Crippen LogP contribution in [-0.2, 0) is 9.59 Å². The largest absolute Gasteiger partial charge is 0.495 e. The molecule has 0 saturated carbocycles. The maximum Gasteiger partial charge on any atom is 0.314 e. The van der Waals surface area contributed by atoms with Crippen LogP contribution in [0.15, 0.2) is 41.1 Å². The summed E-state index contributed by atoms with van der Waals surface area (Å²) in [4.78, 5) is 28.1. The van der Waals surface area contributed by atoms with Gasteiger partial charge in [-0.05, 0) is 12.1 Å². The number of ether oxygens (including phenoxy) is 1. The van der Waals surface area contributed by atoms with E-state index in [9.17, 15) is 9.59 Å². The highest BCUT2D eigenvalue weighted by molar-refractivity contribution is 6.39. The van der Waals surface area contributed by atoms with Gasteiger partial charge >= 0.3 is 11.8 Å². The molecule has 0 aliphatic carbocycles. The van der Waals surface area contributed by atoms with Crippen molar-refractivity contribution in [2.24, 2.45) is 0 Å². The van der Waals surface area contributed by atoms with Gasteiger partial charge in [0.25, 0.3) is 0 Å². The Bertz CT molecular complexity index is 757. The second-order valence-electron chi connectivity index (χ2n) is 6.10. The Morgan fingerprint density at radius 2 is 1.93 bits per heavy atom. The summed E-state index contributed by atoms with van der Waals surface area (Å²) in [6, 6.07) is 9.44. The number of anilines is 2. The minimum atomic E-state index is -0.759. The van der Waals surface area contributed by atoms with Crippen LogP contribution in [-0.4, -0.2) is 68.2 Å². The Morgan fingerprint density at radius 1 is 1.15 bits per heavy atom. The molecular weight excluding hydrogens is 350 g/mol. The number of nitrogens with zero attached hydrogens (tertiary/aromatic N) is 3. The second-order valence-corrected chi connectivity index (χ2v) is 6.10. The fraction of sp³-hybridized carbons (Fsp3) is 0.389. The van der Waals surface area contributed by atoms with E-state index in [4.69, 9.17) is 4.74 Å². The third-order valence-electron chi connectivity index (χ3n) is 4.40. The summed E-state index contributed by atoms with van der Waals surface area (Å²) in [5.74, 6) is -0.366. The summed E-state index contributed by atoms with van der Waals surface area (Å²) >= 11 is 0. The number of carbonyl (C=O) groups excluding carboxylic acids is 2. The molecule has 9 heteroatoms. The van der Waals surface area contributed by atoms with E-state index in [1.807, 2.05) is 18.2 Å². The number of amides is 2. The van der Waals surface area contributed by atoms with Crippen molar-refractivity contribution in [1.29, 1.82) is 0 Å². The van der Waals surface area contributed by atoms with Crippen molar-refractivity contribution in [3.05, 3.63) is 36.6 Å². The molecule has 144 valence electrons. The number of hydrogen-bond acceptors (Lipinski definition) is 7. The van der Waals surface area contributed by atoms with E-state index in [0.29, 0.717) is 13.1 Å². The van der Waals surface area contributed by atoms with E-state index in [0.717, 1.165) is 37.6 Å². The van der Waals surface area contributed by atoms with Crippen LogP contribution in [0, 0.1) is 0 Å².